The minimum atomic E-state index is -0.357. The van der Waals surface area contributed by atoms with Gasteiger partial charge in [-0.3, -0.25) is 5.41 Å². The Morgan fingerprint density at radius 1 is 1.56 bits per heavy atom. The number of rotatable bonds is 4. The number of esters is 1. The summed E-state index contributed by atoms with van der Waals surface area (Å²) >= 11 is 1.91. The molecule has 0 amide bonds. The highest BCUT2D eigenvalue weighted by Crippen LogP contribution is 2.20. The van der Waals surface area contributed by atoms with E-state index in [1.54, 1.807) is 32.2 Å². The normalized spacial score (nSPS) is 9.69. The Morgan fingerprint density at radius 3 is 2.75 bits per heavy atom. The number of hydrogen-bond donors (Lipinski definition) is 2. The molecule has 0 aliphatic heterocycles. The number of benzene rings is 1. The molecule has 2 N–H and O–H groups in total. The van der Waals surface area contributed by atoms with E-state index in [1.165, 1.54) is 0 Å². The highest BCUT2D eigenvalue weighted by molar-refractivity contribution is 14.1. The number of anilines is 1. The zero-order valence-electron chi connectivity index (χ0n) is 9.13. The summed E-state index contributed by atoms with van der Waals surface area (Å²) in [6.45, 7) is 2.12. The minimum Gasteiger partial charge on any atom is -0.462 e. The van der Waals surface area contributed by atoms with Gasteiger partial charge in [0, 0.05) is 18.3 Å². The van der Waals surface area contributed by atoms with E-state index < -0.39 is 0 Å². The van der Waals surface area contributed by atoms with Crippen LogP contribution in [0.25, 0.3) is 0 Å². The van der Waals surface area contributed by atoms with Gasteiger partial charge in [0.15, 0.2) is 0 Å². The number of hydrogen-bond acceptors (Lipinski definition) is 4. The fourth-order valence-electron chi connectivity index (χ4n) is 1.29. The van der Waals surface area contributed by atoms with Crippen LogP contribution in [0.2, 0.25) is 0 Å². The molecule has 86 valence electrons. The molecular weight excluding hydrogens is 319 g/mol. The van der Waals surface area contributed by atoms with Crippen molar-refractivity contribution in [3.8, 4) is 0 Å². The molecular formula is C11H13IN2O2. The first kappa shape index (κ1) is 13.0. The largest absolute Gasteiger partial charge is 0.462 e. The molecule has 0 spiro atoms. The molecule has 1 aromatic carbocycles. The van der Waals surface area contributed by atoms with E-state index in [9.17, 15) is 4.79 Å². The van der Waals surface area contributed by atoms with Crippen LogP contribution in [0.15, 0.2) is 18.2 Å². The monoisotopic (exact) mass is 332 g/mol. The summed E-state index contributed by atoms with van der Waals surface area (Å²) < 4.78 is 5.29. The van der Waals surface area contributed by atoms with E-state index in [-0.39, 0.29) is 5.97 Å². The molecule has 4 nitrogen and oxygen atoms in total. The van der Waals surface area contributed by atoms with Crippen molar-refractivity contribution in [3.63, 3.8) is 0 Å². The quantitative estimate of drug-likeness (QED) is 0.506. The molecule has 1 rings (SSSR count). The van der Waals surface area contributed by atoms with E-state index in [1.807, 2.05) is 22.6 Å². The van der Waals surface area contributed by atoms with Gasteiger partial charge in [-0.25, -0.2) is 4.79 Å². The Morgan fingerprint density at radius 2 is 2.25 bits per heavy atom. The molecule has 0 aromatic heterocycles. The van der Waals surface area contributed by atoms with E-state index in [0.717, 1.165) is 5.69 Å². The summed E-state index contributed by atoms with van der Waals surface area (Å²) in [7, 11) is 1.78. The molecule has 0 radical (unpaired) electrons. The van der Waals surface area contributed by atoms with Gasteiger partial charge < -0.3 is 10.1 Å². The summed E-state index contributed by atoms with van der Waals surface area (Å²) in [6, 6.07) is 5.13. The maximum atomic E-state index is 11.5. The average molecular weight is 332 g/mol. The standard InChI is InChI=1S/C11H13IN2O2/c1-3-16-11(15)7-4-5-9(14-2)8(6-7)10(12)13/h4-6,13-14H,3H2,1-2H3. The van der Waals surface area contributed by atoms with E-state index in [0.29, 0.717) is 21.5 Å². The lowest BCUT2D eigenvalue weighted by Crippen LogP contribution is -2.07. The van der Waals surface area contributed by atoms with Crippen LogP contribution in [0.3, 0.4) is 0 Å². The van der Waals surface area contributed by atoms with Gasteiger partial charge in [-0.05, 0) is 47.7 Å². The fourth-order valence-corrected chi connectivity index (χ4v) is 1.73. The van der Waals surface area contributed by atoms with Gasteiger partial charge in [-0.1, -0.05) is 0 Å². The van der Waals surface area contributed by atoms with Crippen molar-refractivity contribution < 1.29 is 9.53 Å². The third kappa shape index (κ3) is 2.94. The Hall–Kier alpha value is -1.11. The summed E-state index contributed by atoms with van der Waals surface area (Å²) in [4.78, 5) is 11.5. The summed E-state index contributed by atoms with van der Waals surface area (Å²) in [5.41, 5.74) is 2.00. The number of carbonyl (C=O) groups excluding carboxylic acids is 1. The van der Waals surface area contributed by atoms with Gasteiger partial charge >= 0.3 is 5.97 Å². The zero-order chi connectivity index (χ0) is 12.1. The number of halogens is 1. The van der Waals surface area contributed by atoms with Gasteiger partial charge in [0.1, 0.15) is 3.72 Å². The Balaban J connectivity index is 3.11. The predicted octanol–water partition coefficient (Wildman–Crippen LogP) is 2.67. The minimum absolute atomic E-state index is 0.351. The first-order valence-electron chi connectivity index (χ1n) is 4.83. The first-order chi connectivity index (χ1) is 7.60. The second-order valence-electron chi connectivity index (χ2n) is 3.04. The zero-order valence-corrected chi connectivity index (χ0v) is 11.3. The SMILES string of the molecule is CCOC(=O)c1ccc(NC)c(C(=N)I)c1. The lowest BCUT2D eigenvalue weighted by atomic mass is 10.1. The van der Waals surface area contributed by atoms with Crippen molar-refractivity contribution in [3.05, 3.63) is 29.3 Å². The van der Waals surface area contributed by atoms with Crippen LogP contribution in [0.4, 0.5) is 5.69 Å². The van der Waals surface area contributed by atoms with Crippen LogP contribution in [0.5, 0.6) is 0 Å². The third-order valence-electron chi connectivity index (χ3n) is 2.04. The van der Waals surface area contributed by atoms with Crippen LogP contribution in [0, 0.1) is 5.41 Å². The summed E-state index contributed by atoms with van der Waals surface area (Å²) in [5.74, 6) is -0.357. The number of nitrogens with one attached hydrogen (secondary N) is 2. The Labute approximate surface area is 108 Å². The van der Waals surface area contributed by atoms with Crippen LogP contribution < -0.4 is 5.32 Å². The van der Waals surface area contributed by atoms with Crippen molar-refractivity contribution in [1.82, 2.24) is 0 Å². The van der Waals surface area contributed by atoms with Gasteiger partial charge in [-0.15, -0.1) is 0 Å². The molecule has 0 aliphatic carbocycles. The highest BCUT2D eigenvalue weighted by Gasteiger charge is 2.11. The molecule has 0 aliphatic rings. The highest BCUT2D eigenvalue weighted by atomic mass is 127. The molecule has 0 atom stereocenters. The lowest BCUT2D eigenvalue weighted by molar-refractivity contribution is 0.0526. The molecule has 0 bridgehead atoms. The van der Waals surface area contributed by atoms with Crippen LogP contribution in [-0.4, -0.2) is 23.3 Å². The smallest absolute Gasteiger partial charge is 0.338 e. The summed E-state index contributed by atoms with van der Waals surface area (Å²) in [5, 5.41) is 10.6. The van der Waals surface area contributed by atoms with Gasteiger partial charge in [0.2, 0.25) is 0 Å². The lowest BCUT2D eigenvalue weighted by Gasteiger charge is -2.09. The maximum Gasteiger partial charge on any atom is 0.338 e. The molecule has 0 heterocycles. The van der Waals surface area contributed by atoms with Gasteiger partial charge in [0.05, 0.1) is 12.2 Å². The van der Waals surface area contributed by atoms with Crippen molar-refractivity contribution in [2.45, 2.75) is 6.92 Å². The van der Waals surface area contributed by atoms with Gasteiger partial charge in [-0.2, -0.15) is 0 Å². The van der Waals surface area contributed by atoms with Crippen molar-refractivity contribution in [1.29, 1.82) is 5.41 Å². The molecule has 5 heteroatoms. The van der Waals surface area contributed by atoms with E-state index in [2.05, 4.69) is 5.32 Å². The Kier molecular flexibility index (Phi) is 4.72. The van der Waals surface area contributed by atoms with Crippen molar-refractivity contribution in [2.75, 3.05) is 19.0 Å². The van der Waals surface area contributed by atoms with Crippen molar-refractivity contribution in [2.24, 2.45) is 0 Å². The van der Waals surface area contributed by atoms with Gasteiger partial charge in [0.25, 0.3) is 0 Å². The predicted molar refractivity (Wildman–Crippen MR) is 72.8 cm³/mol. The fraction of sp³-hybridized carbons (Fsp3) is 0.273. The van der Waals surface area contributed by atoms with Crippen LogP contribution in [0.1, 0.15) is 22.8 Å². The van der Waals surface area contributed by atoms with Crippen LogP contribution >= 0.6 is 22.6 Å². The number of carbonyl (C=O) groups is 1. The van der Waals surface area contributed by atoms with E-state index in [4.69, 9.17) is 10.1 Å². The first-order valence-corrected chi connectivity index (χ1v) is 5.91. The number of ether oxygens (including phenoxy) is 1. The molecule has 1 aromatic rings. The second kappa shape index (κ2) is 5.83. The third-order valence-corrected chi connectivity index (χ3v) is 2.62. The van der Waals surface area contributed by atoms with Crippen LogP contribution in [-0.2, 0) is 4.74 Å². The van der Waals surface area contributed by atoms with E-state index >= 15 is 0 Å². The topological polar surface area (TPSA) is 62.2 Å². The summed E-state index contributed by atoms with van der Waals surface area (Å²) in [6.07, 6.45) is 0. The molecule has 0 saturated carbocycles. The molecule has 0 fully saturated rings. The average Bonchev–Trinajstić information content (AvgIpc) is 2.28. The van der Waals surface area contributed by atoms with Crippen molar-refractivity contribution >= 4 is 38.0 Å². The maximum absolute atomic E-state index is 11.5. The molecule has 0 unspecified atom stereocenters. The second-order valence-corrected chi connectivity index (χ2v) is 4.12. The molecule has 16 heavy (non-hydrogen) atoms. The molecule has 0 saturated heterocycles. The Bertz CT molecular complexity index is 418.